The van der Waals surface area contributed by atoms with E-state index in [1.165, 1.54) is 19.6 Å². The van der Waals surface area contributed by atoms with Gasteiger partial charge < -0.3 is 19.5 Å². The summed E-state index contributed by atoms with van der Waals surface area (Å²) in [5.41, 5.74) is 1.48. The van der Waals surface area contributed by atoms with E-state index in [4.69, 9.17) is 20.8 Å². The van der Waals surface area contributed by atoms with Crippen LogP contribution in [0, 0.1) is 23.6 Å². The molecule has 0 spiro atoms. The van der Waals surface area contributed by atoms with Crippen LogP contribution < -0.4 is 5.32 Å². The molecule has 2 unspecified atom stereocenters. The second-order valence-corrected chi connectivity index (χ2v) is 9.41. The summed E-state index contributed by atoms with van der Waals surface area (Å²) in [5, 5.41) is 3.48. The van der Waals surface area contributed by atoms with Crippen molar-refractivity contribution in [1.82, 2.24) is 24.9 Å². The van der Waals surface area contributed by atoms with E-state index in [-0.39, 0.29) is 58.0 Å². The zero-order chi connectivity index (χ0) is 24.1. The van der Waals surface area contributed by atoms with Crippen molar-refractivity contribution in [2.45, 2.75) is 31.7 Å². The number of ether oxygens (including phenoxy) is 1. The summed E-state index contributed by atoms with van der Waals surface area (Å²) in [6.07, 6.45) is 8.41. The van der Waals surface area contributed by atoms with Crippen molar-refractivity contribution in [3.05, 3.63) is 41.8 Å². The molecule has 3 aliphatic rings. The zero-order valence-corrected chi connectivity index (χ0v) is 19.6. The Labute approximate surface area is 204 Å². The van der Waals surface area contributed by atoms with Gasteiger partial charge in [0.1, 0.15) is 16.4 Å². The van der Waals surface area contributed by atoms with E-state index in [0.717, 1.165) is 25.7 Å². The van der Waals surface area contributed by atoms with Gasteiger partial charge in [-0.3, -0.25) is 4.79 Å². The summed E-state index contributed by atoms with van der Waals surface area (Å²) < 4.78 is 26.4. The number of fused-ring (bicyclic) bond motifs is 4. The molecule has 2 atom stereocenters. The minimum absolute atomic E-state index is 0.00224. The minimum atomic E-state index is -0.655. The van der Waals surface area contributed by atoms with E-state index >= 15 is 4.39 Å². The molecular formula is C24H22ClFN6O3. The van der Waals surface area contributed by atoms with Crippen molar-refractivity contribution in [2.24, 2.45) is 17.8 Å². The number of hydrogen-bond acceptors (Lipinski definition) is 8. The predicted molar refractivity (Wildman–Crippen MR) is 126 cm³/mol. The molecule has 0 radical (unpaired) electrons. The first kappa shape index (κ1) is 22.0. The molecule has 0 saturated heterocycles. The number of nitrogens with zero attached hydrogens (tertiary/aromatic N) is 4. The molecule has 3 fully saturated rings. The van der Waals surface area contributed by atoms with Gasteiger partial charge in [-0.1, -0.05) is 11.6 Å². The van der Waals surface area contributed by atoms with Crippen LogP contribution >= 0.6 is 11.6 Å². The Morgan fingerprint density at radius 3 is 2.77 bits per heavy atom. The van der Waals surface area contributed by atoms with Gasteiger partial charge in [0, 0.05) is 12.2 Å². The fraction of sp³-hybridized carbons (Fsp3) is 0.375. The molecule has 3 saturated carbocycles. The van der Waals surface area contributed by atoms with Crippen LogP contribution in [-0.2, 0) is 9.53 Å². The number of hydrogen-bond donors (Lipinski definition) is 2. The Hall–Kier alpha value is -3.53. The summed E-state index contributed by atoms with van der Waals surface area (Å²) in [5.74, 6) is -0.410. The average Bonchev–Trinajstić information content (AvgIpc) is 3.56. The molecule has 0 aromatic carbocycles. The minimum Gasteiger partial charge on any atom is -0.469 e. The Balaban J connectivity index is 1.48. The number of carbonyl (C=O) groups excluding carboxylic acids is 1. The third kappa shape index (κ3) is 3.72. The first-order valence-corrected chi connectivity index (χ1v) is 11.9. The first-order chi connectivity index (χ1) is 17.0. The van der Waals surface area contributed by atoms with Crippen molar-refractivity contribution in [3.63, 3.8) is 0 Å². The number of carbonyl (C=O) groups is 1. The zero-order valence-electron chi connectivity index (χ0n) is 18.8. The maximum atomic E-state index is 15.8. The van der Waals surface area contributed by atoms with Crippen LogP contribution in [-0.4, -0.2) is 44.0 Å². The van der Waals surface area contributed by atoms with E-state index in [0.29, 0.717) is 16.7 Å². The summed E-state index contributed by atoms with van der Waals surface area (Å²) in [6, 6.07) is 2.99. The highest BCUT2D eigenvalue weighted by Gasteiger charge is 2.48. The van der Waals surface area contributed by atoms with Crippen LogP contribution in [0.5, 0.6) is 0 Å². The summed E-state index contributed by atoms with van der Waals surface area (Å²) in [7, 11) is 1.39. The number of aromatic nitrogens is 5. The van der Waals surface area contributed by atoms with Crippen molar-refractivity contribution >= 4 is 34.6 Å². The van der Waals surface area contributed by atoms with Crippen LogP contribution in [0.2, 0.25) is 5.15 Å². The molecule has 0 aliphatic heterocycles. The number of esters is 1. The highest BCUT2D eigenvalue weighted by Crippen LogP contribution is 2.47. The number of furan rings is 1. The molecule has 0 amide bonds. The smallest absolute Gasteiger partial charge is 0.311 e. The third-order valence-corrected chi connectivity index (χ3v) is 7.38. The average molecular weight is 497 g/mol. The van der Waals surface area contributed by atoms with Crippen LogP contribution in [0.1, 0.15) is 25.7 Å². The van der Waals surface area contributed by atoms with E-state index < -0.39 is 5.82 Å². The van der Waals surface area contributed by atoms with Gasteiger partial charge in [0.05, 0.1) is 31.1 Å². The Morgan fingerprint density at radius 1 is 1.23 bits per heavy atom. The Kier molecular flexibility index (Phi) is 5.40. The van der Waals surface area contributed by atoms with Crippen LogP contribution in [0.3, 0.4) is 0 Å². The second-order valence-electron chi connectivity index (χ2n) is 9.02. The quantitative estimate of drug-likeness (QED) is 0.376. The normalized spacial score (nSPS) is 23.5. The number of rotatable bonds is 5. The lowest BCUT2D eigenvalue weighted by molar-refractivity contribution is -0.152. The molecule has 4 aromatic heterocycles. The molecule has 4 heterocycles. The predicted octanol–water partition coefficient (Wildman–Crippen LogP) is 4.86. The topological polar surface area (TPSA) is 119 Å². The molecular weight excluding hydrogens is 475 g/mol. The lowest BCUT2D eigenvalue weighted by Crippen LogP contribution is -2.52. The number of nitrogens with one attached hydrogen (secondary N) is 2. The number of H-pyrrole nitrogens is 1. The molecule has 2 bridgehead atoms. The number of anilines is 1. The fourth-order valence-corrected chi connectivity index (χ4v) is 5.70. The molecule has 11 heteroatoms. The monoisotopic (exact) mass is 496 g/mol. The maximum absolute atomic E-state index is 15.8. The van der Waals surface area contributed by atoms with Gasteiger partial charge in [-0.25, -0.2) is 24.3 Å². The lowest BCUT2D eigenvalue weighted by Gasteiger charge is -2.47. The van der Waals surface area contributed by atoms with E-state index in [9.17, 15) is 4.79 Å². The highest BCUT2D eigenvalue weighted by molar-refractivity contribution is 6.29. The summed E-state index contributed by atoms with van der Waals surface area (Å²) >= 11 is 6.07. The van der Waals surface area contributed by atoms with Gasteiger partial charge in [-0.05, 0) is 49.7 Å². The largest absolute Gasteiger partial charge is 0.469 e. The molecule has 35 heavy (non-hydrogen) atoms. The van der Waals surface area contributed by atoms with E-state index in [2.05, 4.69) is 30.2 Å². The van der Waals surface area contributed by atoms with Gasteiger partial charge in [0.2, 0.25) is 0 Å². The first-order valence-electron chi connectivity index (χ1n) is 11.5. The number of halogens is 2. The number of methoxy groups -OCH3 is 1. The molecule has 3 aliphatic carbocycles. The molecule has 2 N–H and O–H groups in total. The maximum Gasteiger partial charge on any atom is 0.311 e. The van der Waals surface area contributed by atoms with Gasteiger partial charge in [0.15, 0.2) is 28.9 Å². The van der Waals surface area contributed by atoms with E-state index in [1.807, 2.05) is 0 Å². The molecule has 180 valence electrons. The summed E-state index contributed by atoms with van der Waals surface area (Å²) in [4.78, 5) is 33.3. The van der Waals surface area contributed by atoms with Crippen LogP contribution in [0.4, 0.5) is 10.2 Å². The second kappa shape index (κ2) is 8.60. The molecule has 4 aromatic rings. The van der Waals surface area contributed by atoms with Gasteiger partial charge in [-0.2, -0.15) is 0 Å². The third-order valence-electron chi connectivity index (χ3n) is 7.19. The molecule has 7 rings (SSSR count). The highest BCUT2D eigenvalue weighted by atomic mass is 35.5. The van der Waals surface area contributed by atoms with Gasteiger partial charge in [0.25, 0.3) is 0 Å². The Morgan fingerprint density at radius 2 is 2.03 bits per heavy atom. The summed E-state index contributed by atoms with van der Waals surface area (Å²) in [6.45, 7) is 0. The lowest BCUT2D eigenvalue weighted by atomic mass is 9.61. The van der Waals surface area contributed by atoms with Crippen molar-refractivity contribution in [3.8, 4) is 22.8 Å². The van der Waals surface area contributed by atoms with Gasteiger partial charge in [-0.15, -0.1) is 0 Å². The van der Waals surface area contributed by atoms with Crippen molar-refractivity contribution in [1.29, 1.82) is 0 Å². The molecule has 9 nitrogen and oxygen atoms in total. The van der Waals surface area contributed by atoms with Crippen molar-refractivity contribution in [2.75, 3.05) is 12.4 Å². The van der Waals surface area contributed by atoms with Crippen molar-refractivity contribution < 1.29 is 18.3 Å². The van der Waals surface area contributed by atoms with E-state index in [1.54, 1.807) is 18.3 Å². The number of aromatic amines is 1. The SMILES string of the molecule is COC(=O)C1C2CCC(CC2)C1Nc1nc(-c2c[nH]c3ncc(Cl)nc23)nc(-c2ccco2)c1F. The standard InChI is InChI=1S/C24H22ClFN6O3/c1-34-24(33)16-11-4-6-12(7-5-11)18(16)30-22-17(26)20(14-3-2-8-35-14)31-21(32-22)13-9-27-23-19(13)29-15(25)10-28-23/h2-3,8-12,16,18H,4-7H2,1H3,(H,27,28)(H,30,31,32). The fourth-order valence-electron chi connectivity index (χ4n) is 5.57. The van der Waals surface area contributed by atoms with Gasteiger partial charge >= 0.3 is 5.97 Å². The van der Waals surface area contributed by atoms with Crippen LogP contribution in [0.25, 0.3) is 34.0 Å². The Bertz CT molecular complexity index is 1400. The van der Waals surface area contributed by atoms with Crippen LogP contribution in [0.15, 0.2) is 35.2 Å².